The first-order valence-corrected chi connectivity index (χ1v) is 7.31. The predicted octanol–water partition coefficient (Wildman–Crippen LogP) is 2.29. The highest BCUT2D eigenvalue weighted by Gasteiger charge is 2.38. The number of rotatable bonds is 2. The Morgan fingerprint density at radius 1 is 1.36 bits per heavy atom. The number of halogens is 2. The minimum Gasteiger partial charge on any atom is -0.501 e. The molecule has 118 valence electrons. The Bertz CT molecular complexity index is 617. The summed E-state index contributed by atoms with van der Waals surface area (Å²) < 4.78 is 32.6. The Kier molecular flexibility index (Phi) is 4.11. The topological polar surface area (TPSA) is 49.8 Å². The largest absolute Gasteiger partial charge is 0.501 e. The third-order valence-corrected chi connectivity index (χ3v) is 4.07. The SMILES string of the molecule is O=C(C1=COCCC1)N1C[C@H](O)C[C@H]1c1cc(F)ccc1F. The molecule has 0 saturated carbocycles. The number of hydrogen-bond acceptors (Lipinski definition) is 3. The Hall–Kier alpha value is -1.95. The van der Waals surface area contributed by atoms with Gasteiger partial charge in [-0.05, 0) is 37.5 Å². The fourth-order valence-electron chi connectivity index (χ4n) is 3.01. The van der Waals surface area contributed by atoms with Gasteiger partial charge in [0.15, 0.2) is 0 Å². The van der Waals surface area contributed by atoms with Gasteiger partial charge in [-0.25, -0.2) is 8.78 Å². The number of aliphatic hydroxyl groups excluding tert-OH is 1. The maximum Gasteiger partial charge on any atom is 0.253 e. The van der Waals surface area contributed by atoms with Crippen LogP contribution in [-0.4, -0.2) is 35.2 Å². The van der Waals surface area contributed by atoms with Gasteiger partial charge in [0.05, 0.1) is 30.6 Å². The van der Waals surface area contributed by atoms with Gasteiger partial charge in [-0.2, -0.15) is 0 Å². The van der Waals surface area contributed by atoms with Crippen LogP contribution in [0.15, 0.2) is 30.0 Å². The van der Waals surface area contributed by atoms with Gasteiger partial charge in [-0.3, -0.25) is 4.79 Å². The number of carbonyl (C=O) groups excluding carboxylic acids is 1. The van der Waals surface area contributed by atoms with Gasteiger partial charge in [0.2, 0.25) is 0 Å². The van der Waals surface area contributed by atoms with Crippen molar-refractivity contribution in [3.05, 3.63) is 47.2 Å². The Labute approximate surface area is 127 Å². The van der Waals surface area contributed by atoms with Gasteiger partial charge < -0.3 is 14.7 Å². The number of β-amino-alcohol motifs (C(OH)–C–C–N with tert-alkyl or cyclic N) is 1. The van der Waals surface area contributed by atoms with Gasteiger partial charge in [0.25, 0.3) is 5.91 Å². The van der Waals surface area contributed by atoms with Crippen molar-refractivity contribution in [3.8, 4) is 0 Å². The number of ether oxygens (including phenoxy) is 1. The summed E-state index contributed by atoms with van der Waals surface area (Å²) in [6.45, 7) is 0.679. The number of nitrogens with zero attached hydrogens (tertiary/aromatic N) is 1. The van der Waals surface area contributed by atoms with E-state index in [1.54, 1.807) is 0 Å². The Morgan fingerprint density at radius 2 is 2.18 bits per heavy atom. The molecule has 0 aliphatic carbocycles. The van der Waals surface area contributed by atoms with E-state index >= 15 is 0 Å². The minimum atomic E-state index is -0.748. The van der Waals surface area contributed by atoms with Crippen molar-refractivity contribution in [1.29, 1.82) is 0 Å². The summed E-state index contributed by atoms with van der Waals surface area (Å²) in [5.74, 6) is -1.43. The normalized spacial score (nSPS) is 24.9. The number of hydrogen-bond donors (Lipinski definition) is 1. The summed E-state index contributed by atoms with van der Waals surface area (Å²) in [7, 11) is 0. The maximum atomic E-state index is 14.0. The van der Waals surface area contributed by atoms with Crippen LogP contribution in [0.2, 0.25) is 0 Å². The molecule has 0 unspecified atom stereocenters. The lowest BCUT2D eigenvalue weighted by atomic mass is 10.0. The first-order chi connectivity index (χ1) is 10.6. The molecule has 0 radical (unpaired) electrons. The molecule has 1 amide bonds. The van der Waals surface area contributed by atoms with Crippen LogP contribution in [0.3, 0.4) is 0 Å². The third kappa shape index (κ3) is 2.83. The zero-order chi connectivity index (χ0) is 15.7. The summed E-state index contributed by atoms with van der Waals surface area (Å²) in [5.41, 5.74) is 0.601. The van der Waals surface area contributed by atoms with E-state index in [4.69, 9.17) is 4.74 Å². The quantitative estimate of drug-likeness (QED) is 0.912. The van der Waals surface area contributed by atoms with E-state index < -0.39 is 23.8 Å². The molecular weight excluding hydrogens is 292 g/mol. The average molecular weight is 309 g/mol. The van der Waals surface area contributed by atoms with E-state index in [9.17, 15) is 18.7 Å². The second kappa shape index (κ2) is 6.04. The van der Waals surface area contributed by atoms with Crippen molar-refractivity contribution in [1.82, 2.24) is 4.90 Å². The monoisotopic (exact) mass is 309 g/mol. The van der Waals surface area contributed by atoms with E-state index in [-0.39, 0.29) is 24.4 Å². The van der Waals surface area contributed by atoms with Gasteiger partial charge >= 0.3 is 0 Å². The van der Waals surface area contributed by atoms with Crippen LogP contribution < -0.4 is 0 Å². The van der Waals surface area contributed by atoms with Crippen molar-refractivity contribution < 1.29 is 23.4 Å². The van der Waals surface area contributed by atoms with Gasteiger partial charge in [0.1, 0.15) is 11.6 Å². The van der Waals surface area contributed by atoms with E-state index in [0.29, 0.717) is 18.6 Å². The number of benzene rings is 1. The van der Waals surface area contributed by atoms with Crippen LogP contribution in [0.1, 0.15) is 30.9 Å². The van der Waals surface area contributed by atoms with Crippen LogP contribution in [0.5, 0.6) is 0 Å². The molecule has 6 heteroatoms. The number of carbonyl (C=O) groups is 1. The van der Waals surface area contributed by atoms with Crippen molar-refractivity contribution in [2.75, 3.05) is 13.2 Å². The standard InChI is InChI=1S/C16H17F2NO3/c17-11-3-4-14(18)13(6-11)15-7-12(20)8-19(15)16(21)10-2-1-5-22-9-10/h3-4,6,9,12,15,20H,1-2,5,7-8H2/t12-,15+/m1/s1. The summed E-state index contributed by atoms with van der Waals surface area (Å²) >= 11 is 0. The van der Waals surface area contributed by atoms with Crippen molar-refractivity contribution in [3.63, 3.8) is 0 Å². The molecule has 4 nitrogen and oxygen atoms in total. The molecular formula is C16H17F2NO3. The van der Waals surface area contributed by atoms with E-state index in [0.717, 1.165) is 24.6 Å². The highest BCUT2D eigenvalue weighted by molar-refractivity contribution is 5.93. The van der Waals surface area contributed by atoms with Crippen molar-refractivity contribution in [2.24, 2.45) is 0 Å². The molecule has 2 aliphatic rings. The third-order valence-electron chi connectivity index (χ3n) is 4.07. The molecule has 2 aliphatic heterocycles. The van der Waals surface area contributed by atoms with Crippen LogP contribution in [0.4, 0.5) is 8.78 Å². The molecule has 1 aromatic carbocycles. The minimum absolute atomic E-state index is 0.0993. The Balaban J connectivity index is 1.90. The molecule has 0 spiro atoms. The Morgan fingerprint density at radius 3 is 2.91 bits per heavy atom. The molecule has 1 N–H and O–H groups in total. The number of amides is 1. The summed E-state index contributed by atoms with van der Waals surface area (Å²) in [6, 6.07) is 2.50. The molecule has 1 saturated heterocycles. The first kappa shape index (κ1) is 15.0. The average Bonchev–Trinajstić information content (AvgIpc) is 2.91. The number of likely N-dealkylation sites (tertiary alicyclic amines) is 1. The van der Waals surface area contributed by atoms with Crippen molar-refractivity contribution >= 4 is 5.91 Å². The highest BCUT2D eigenvalue weighted by atomic mass is 19.1. The lowest BCUT2D eigenvalue weighted by Gasteiger charge is -2.27. The molecule has 0 aromatic heterocycles. The summed E-state index contributed by atoms with van der Waals surface area (Å²) in [6.07, 6.45) is 2.20. The zero-order valence-corrected chi connectivity index (χ0v) is 12.0. The molecule has 3 rings (SSSR count). The highest BCUT2D eigenvalue weighted by Crippen LogP contribution is 2.35. The fraction of sp³-hybridized carbons (Fsp3) is 0.438. The molecule has 0 bridgehead atoms. The molecule has 2 heterocycles. The lowest BCUT2D eigenvalue weighted by molar-refractivity contribution is -0.129. The molecule has 1 fully saturated rings. The van der Waals surface area contributed by atoms with Gasteiger partial charge in [0, 0.05) is 12.1 Å². The van der Waals surface area contributed by atoms with E-state index in [1.165, 1.54) is 11.2 Å². The van der Waals surface area contributed by atoms with E-state index in [2.05, 4.69) is 0 Å². The molecule has 2 atom stereocenters. The van der Waals surface area contributed by atoms with Crippen LogP contribution >= 0.6 is 0 Å². The predicted molar refractivity (Wildman–Crippen MR) is 74.7 cm³/mol. The summed E-state index contributed by atoms with van der Waals surface area (Å²) in [5, 5.41) is 9.88. The zero-order valence-electron chi connectivity index (χ0n) is 12.0. The smallest absolute Gasteiger partial charge is 0.253 e. The van der Waals surface area contributed by atoms with Crippen LogP contribution in [0, 0.1) is 11.6 Å². The van der Waals surface area contributed by atoms with Gasteiger partial charge in [-0.15, -0.1) is 0 Å². The van der Waals surface area contributed by atoms with Crippen molar-refractivity contribution in [2.45, 2.75) is 31.4 Å². The van der Waals surface area contributed by atoms with Crippen LogP contribution in [-0.2, 0) is 9.53 Å². The number of aliphatic hydroxyl groups is 1. The van der Waals surface area contributed by atoms with E-state index in [1.807, 2.05) is 0 Å². The molecule has 22 heavy (non-hydrogen) atoms. The van der Waals surface area contributed by atoms with Gasteiger partial charge in [-0.1, -0.05) is 0 Å². The summed E-state index contributed by atoms with van der Waals surface area (Å²) in [4.78, 5) is 14.0. The maximum absolute atomic E-state index is 14.0. The lowest BCUT2D eigenvalue weighted by Crippen LogP contribution is -2.34. The molecule has 1 aromatic rings. The second-order valence-electron chi connectivity index (χ2n) is 5.65. The second-order valence-corrected chi connectivity index (χ2v) is 5.65. The fourth-order valence-corrected chi connectivity index (χ4v) is 3.01. The van der Waals surface area contributed by atoms with Crippen LogP contribution in [0.25, 0.3) is 0 Å². The first-order valence-electron chi connectivity index (χ1n) is 7.31.